The van der Waals surface area contributed by atoms with Crippen LogP contribution < -0.4 is 14.8 Å². The summed E-state index contributed by atoms with van der Waals surface area (Å²) in [4.78, 5) is 17.3. The average molecular weight is 779 g/mol. The van der Waals surface area contributed by atoms with Gasteiger partial charge in [-0.05, 0) is 70.4 Å². The molecule has 0 bridgehead atoms. The zero-order chi connectivity index (χ0) is 39.9. The van der Waals surface area contributed by atoms with E-state index in [-0.39, 0.29) is 17.8 Å². The molecule has 1 amide bonds. The normalized spacial score (nSPS) is 13.0. The van der Waals surface area contributed by atoms with Gasteiger partial charge < -0.3 is 43.2 Å². The zero-order valence-corrected chi connectivity index (χ0v) is 32.7. The van der Waals surface area contributed by atoms with Crippen LogP contribution in [0.1, 0.15) is 55.9 Å². The van der Waals surface area contributed by atoms with Crippen LogP contribution in [-0.4, -0.2) is 108 Å². The highest BCUT2D eigenvalue weighted by Crippen LogP contribution is 2.31. The van der Waals surface area contributed by atoms with E-state index < -0.39 is 23.2 Å². The second-order valence-electron chi connectivity index (χ2n) is 13.2. The summed E-state index contributed by atoms with van der Waals surface area (Å²) >= 11 is 0. The van der Waals surface area contributed by atoms with Crippen molar-refractivity contribution in [1.29, 1.82) is 0 Å². The predicted octanol–water partition coefficient (Wildman–Crippen LogP) is 6.60. The number of ether oxygens (including phenoxy) is 8. The van der Waals surface area contributed by atoms with Crippen LogP contribution in [0.3, 0.4) is 0 Å². The molecule has 3 aromatic rings. The fraction of sp³-hybridized carbons (Fsp3) is 0.561. The highest BCUT2D eigenvalue weighted by atomic mass is 19.4. The maximum atomic E-state index is 13.5. The SMILES string of the molecule is CCOCCOCCOCCOCCOCCOCCOc1cccc(C(Cc2ccc(C)cc2)C(C)NC(=O)C(C)(C)Oc2ccc(C(F)(F)F)cn2)c1. The highest BCUT2D eigenvalue weighted by molar-refractivity contribution is 5.85. The summed E-state index contributed by atoms with van der Waals surface area (Å²) in [6.45, 7) is 15.3. The fourth-order valence-electron chi connectivity index (χ4n) is 5.26. The minimum atomic E-state index is -4.53. The van der Waals surface area contributed by atoms with E-state index in [4.69, 9.17) is 37.9 Å². The van der Waals surface area contributed by atoms with Crippen LogP contribution in [0.5, 0.6) is 11.6 Å². The van der Waals surface area contributed by atoms with E-state index in [0.29, 0.717) is 104 Å². The van der Waals surface area contributed by atoms with E-state index >= 15 is 0 Å². The Morgan fingerprint density at radius 3 is 1.80 bits per heavy atom. The molecule has 0 fully saturated rings. The molecule has 1 heterocycles. The van der Waals surface area contributed by atoms with Crippen LogP contribution in [-0.2, 0) is 45.8 Å². The number of carbonyl (C=O) groups is 1. The van der Waals surface area contributed by atoms with E-state index in [0.717, 1.165) is 28.8 Å². The van der Waals surface area contributed by atoms with Crippen molar-refractivity contribution in [2.75, 3.05) is 85.9 Å². The summed E-state index contributed by atoms with van der Waals surface area (Å²) in [5.41, 5.74) is 0.865. The van der Waals surface area contributed by atoms with Crippen molar-refractivity contribution in [2.24, 2.45) is 0 Å². The standard InChI is InChI=1S/C41H57F3N2O9/c1-6-48-16-17-49-18-19-50-20-21-51-22-23-52-24-25-53-26-27-54-36-9-7-8-34(29-36)37(28-33-12-10-31(2)11-13-33)32(3)46-39(47)40(4,5)55-38-15-14-35(30-45-38)41(42,43)44/h7-15,29-30,32,37H,6,16-28H2,1-5H3,(H,46,47). The van der Waals surface area contributed by atoms with Crippen molar-refractivity contribution in [1.82, 2.24) is 10.3 Å². The molecule has 0 aliphatic rings. The number of carbonyl (C=O) groups excluding carboxylic acids is 1. The number of benzene rings is 2. The largest absolute Gasteiger partial charge is 0.491 e. The molecule has 0 radical (unpaired) electrons. The summed E-state index contributed by atoms with van der Waals surface area (Å²) in [6, 6.07) is 17.6. The molecule has 0 spiro atoms. The Balaban J connectivity index is 1.42. The van der Waals surface area contributed by atoms with Crippen molar-refractivity contribution in [2.45, 2.75) is 64.8 Å². The Morgan fingerprint density at radius 2 is 1.29 bits per heavy atom. The Hall–Kier alpha value is -3.79. The molecule has 0 aliphatic heterocycles. The van der Waals surface area contributed by atoms with E-state index in [1.165, 1.54) is 0 Å². The number of halogens is 3. The number of hydrogen-bond acceptors (Lipinski definition) is 10. The van der Waals surface area contributed by atoms with Gasteiger partial charge in [-0.3, -0.25) is 4.79 Å². The number of alkyl halides is 3. The molecule has 306 valence electrons. The van der Waals surface area contributed by atoms with E-state index in [2.05, 4.69) is 22.4 Å². The maximum Gasteiger partial charge on any atom is 0.417 e. The minimum Gasteiger partial charge on any atom is -0.491 e. The van der Waals surface area contributed by atoms with Crippen LogP contribution in [0.25, 0.3) is 0 Å². The molecular formula is C41H57F3N2O9. The third-order valence-corrected chi connectivity index (χ3v) is 8.36. The third-order valence-electron chi connectivity index (χ3n) is 8.36. The number of rotatable bonds is 28. The molecule has 11 nitrogen and oxygen atoms in total. The molecule has 2 atom stereocenters. The second-order valence-corrected chi connectivity index (χ2v) is 13.2. The van der Waals surface area contributed by atoms with Crippen LogP contribution in [0, 0.1) is 6.92 Å². The fourth-order valence-corrected chi connectivity index (χ4v) is 5.26. The number of nitrogens with one attached hydrogen (secondary N) is 1. The smallest absolute Gasteiger partial charge is 0.417 e. The lowest BCUT2D eigenvalue weighted by Gasteiger charge is -2.31. The Morgan fingerprint density at radius 1 is 0.745 bits per heavy atom. The van der Waals surface area contributed by atoms with Gasteiger partial charge in [-0.15, -0.1) is 0 Å². The highest BCUT2D eigenvalue weighted by Gasteiger charge is 2.35. The molecule has 0 aliphatic carbocycles. The van der Waals surface area contributed by atoms with Gasteiger partial charge in [0.1, 0.15) is 12.4 Å². The molecule has 2 aromatic carbocycles. The van der Waals surface area contributed by atoms with Gasteiger partial charge in [0.05, 0.1) is 78.2 Å². The van der Waals surface area contributed by atoms with E-state index in [1.54, 1.807) is 13.8 Å². The summed E-state index contributed by atoms with van der Waals surface area (Å²) in [5, 5.41) is 3.07. The Kier molecular flexibility index (Phi) is 20.4. The van der Waals surface area contributed by atoms with E-state index in [1.807, 2.05) is 57.2 Å². The number of pyridine rings is 1. The first kappa shape index (κ1) is 45.6. The monoisotopic (exact) mass is 778 g/mol. The summed E-state index contributed by atoms with van der Waals surface area (Å²) in [5.74, 6) is -0.0197. The van der Waals surface area contributed by atoms with Gasteiger partial charge >= 0.3 is 6.18 Å². The number of hydrogen-bond donors (Lipinski definition) is 1. The topological polar surface area (TPSA) is 116 Å². The first-order valence-corrected chi connectivity index (χ1v) is 18.7. The molecule has 55 heavy (non-hydrogen) atoms. The first-order valence-electron chi connectivity index (χ1n) is 18.7. The van der Waals surface area contributed by atoms with Crippen LogP contribution in [0.15, 0.2) is 66.9 Å². The zero-order valence-electron chi connectivity index (χ0n) is 32.7. The number of nitrogens with zero attached hydrogens (tertiary/aromatic N) is 1. The lowest BCUT2D eigenvalue weighted by Crippen LogP contribution is -2.51. The van der Waals surface area contributed by atoms with Crippen molar-refractivity contribution in [3.05, 3.63) is 89.1 Å². The predicted molar refractivity (Wildman–Crippen MR) is 202 cm³/mol. The van der Waals surface area contributed by atoms with Gasteiger partial charge in [-0.25, -0.2) is 4.98 Å². The first-order chi connectivity index (χ1) is 26.4. The van der Waals surface area contributed by atoms with Gasteiger partial charge in [0.2, 0.25) is 5.88 Å². The Labute approximate surface area is 323 Å². The number of amides is 1. The molecule has 0 saturated heterocycles. The molecule has 3 rings (SSSR count). The van der Waals surface area contributed by atoms with Crippen molar-refractivity contribution in [3.8, 4) is 11.6 Å². The van der Waals surface area contributed by atoms with Crippen LogP contribution in [0.2, 0.25) is 0 Å². The molecular weight excluding hydrogens is 721 g/mol. The Bertz CT molecular complexity index is 1490. The maximum absolute atomic E-state index is 13.5. The second kappa shape index (κ2) is 24.7. The van der Waals surface area contributed by atoms with Crippen LogP contribution in [0.4, 0.5) is 13.2 Å². The summed E-state index contributed by atoms with van der Waals surface area (Å²) < 4.78 is 83.5. The number of aryl methyl sites for hydroxylation is 1. The van der Waals surface area contributed by atoms with Crippen LogP contribution >= 0.6 is 0 Å². The molecule has 0 saturated carbocycles. The molecule has 1 aromatic heterocycles. The molecule has 14 heteroatoms. The van der Waals surface area contributed by atoms with Crippen molar-refractivity contribution >= 4 is 5.91 Å². The molecule has 2 unspecified atom stereocenters. The van der Waals surface area contributed by atoms with Gasteiger partial charge in [0, 0.05) is 30.8 Å². The van der Waals surface area contributed by atoms with Gasteiger partial charge in [-0.1, -0.05) is 42.0 Å². The van der Waals surface area contributed by atoms with Crippen molar-refractivity contribution < 1.29 is 55.9 Å². The minimum absolute atomic E-state index is 0.0899. The van der Waals surface area contributed by atoms with Gasteiger partial charge in [-0.2, -0.15) is 13.2 Å². The summed E-state index contributed by atoms with van der Waals surface area (Å²) in [6.07, 6.45) is -3.22. The van der Waals surface area contributed by atoms with Gasteiger partial charge in [0.25, 0.3) is 5.91 Å². The average Bonchev–Trinajstić information content (AvgIpc) is 3.15. The summed E-state index contributed by atoms with van der Waals surface area (Å²) in [7, 11) is 0. The van der Waals surface area contributed by atoms with Gasteiger partial charge in [0.15, 0.2) is 5.60 Å². The molecule has 1 N–H and O–H groups in total. The quantitative estimate of drug-likeness (QED) is 0.0810. The lowest BCUT2D eigenvalue weighted by atomic mass is 9.86. The third kappa shape index (κ3) is 18.1. The number of aromatic nitrogens is 1. The van der Waals surface area contributed by atoms with E-state index in [9.17, 15) is 18.0 Å². The van der Waals surface area contributed by atoms with Crippen molar-refractivity contribution in [3.63, 3.8) is 0 Å². The lowest BCUT2D eigenvalue weighted by molar-refractivity contribution is -0.138.